The van der Waals surface area contributed by atoms with Gasteiger partial charge < -0.3 is 14.8 Å². The monoisotopic (exact) mass is 468 g/mol. The van der Waals surface area contributed by atoms with Crippen molar-refractivity contribution in [2.45, 2.75) is 44.3 Å². The summed E-state index contributed by atoms with van der Waals surface area (Å²) in [7, 11) is 0. The van der Waals surface area contributed by atoms with Crippen LogP contribution in [0.1, 0.15) is 36.4 Å². The molecule has 2 fully saturated rings. The standard InChI is InChI=1S/C24H25ClN4O4/c25-18-4-1-3-15(10-18)12-29-23(32)19(26-24(29)33)7-8-21(30)27-11-16-9-17(14-27)20-5-2-6-22(31)28(20)13-16/h1-6,10,16-17,19H,7-9,11-14H2,(H,26,33)/t16-,17+,19-/m0/s1. The van der Waals surface area contributed by atoms with E-state index in [9.17, 15) is 19.2 Å². The molecule has 1 N–H and O–H groups in total. The van der Waals surface area contributed by atoms with Crippen LogP contribution >= 0.6 is 11.6 Å². The Morgan fingerprint density at radius 1 is 1.06 bits per heavy atom. The fourth-order valence-electron chi connectivity index (χ4n) is 5.27. The topological polar surface area (TPSA) is 91.7 Å². The zero-order chi connectivity index (χ0) is 23.1. The number of piperidine rings is 1. The number of carbonyl (C=O) groups excluding carboxylic acids is 3. The molecule has 172 valence electrons. The summed E-state index contributed by atoms with van der Waals surface area (Å²) >= 11 is 6.00. The average molecular weight is 469 g/mol. The fraction of sp³-hybridized carbons (Fsp3) is 0.417. The molecule has 0 aliphatic carbocycles. The van der Waals surface area contributed by atoms with Gasteiger partial charge in [-0.2, -0.15) is 0 Å². The molecule has 3 atom stereocenters. The van der Waals surface area contributed by atoms with E-state index in [1.807, 2.05) is 21.6 Å². The van der Waals surface area contributed by atoms with Gasteiger partial charge >= 0.3 is 6.03 Å². The Bertz CT molecular complexity index is 1180. The molecule has 3 aliphatic heterocycles. The lowest BCUT2D eigenvalue weighted by Gasteiger charge is -2.42. The predicted molar refractivity (Wildman–Crippen MR) is 122 cm³/mol. The van der Waals surface area contributed by atoms with Crippen molar-refractivity contribution in [3.8, 4) is 0 Å². The molecule has 4 heterocycles. The molecule has 2 bridgehead atoms. The number of nitrogens with one attached hydrogen (secondary N) is 1. The molecule has 2 aromatic rings. The van der Waals surface area contributed by atoms with Gasteiger partial charge in [-0.05, 0) is 42.5 Å². The van der Waals surface area contributed by atoms with Crippen molar-refractivity contribution >= 4 is 29.4 Å². The largest absolute Gasteiger partial charge is 0.342 e. The first-order valence-corrected chi connectivity index (χ1v) is 11.6. The molecule has 33 heavy (non-hydrogen) atoms. The number of nitrogens with zero attached hydrogens (tertiary/aromatic N) is 3. The normalized spacial score (nSPS) is 24.0. The second kappa shape index (κ2) is 8.67. The molecule has 2 saturated heterocycles. The highest BCUT2D eigenvalue weighted by Crippen LogP contribution is 2.35. The lowest BCUT2D eigenvalue weighted by atomic mass is 9.83. The second-order valence-corrected chi connectivity index (χ2v) is 9.53. The van der Waals surface area contributed by atoms with E-state index in [0.717, 1.165) is 17.7 Å². The number of carbonyl (C=O) groups is 3. The molecule has 0 radical (unpaired) electrons. The van der Waals surface area contributed by atoms with Crippen molar-refractivity contribution in [1.29, 1.82) is 0 Å². The first-order valence-electron chi connectivity index (χ1n) is 11.2. The number of aromatic nitrogens is 1. The van der Waals surface area contributed by atoms with Crippen LogP contribution in [0.3, 0.4) is 0 Å². The maximum Gasteiger partial charge on any atom is 0.325 e. The van der Waals surface area contributed by atoms with Crippen molar-refractivity contribution in [2.24, 2.45) is 5.92 Å². The van der Waals surface area contributed by atoms with Gasteiger partial charge in [0.25, 0.3) is 11.5 Å². The number of imide groups is 1. The van der Waals surface area contributed by atoms with Crippen LogP contribution in [-0.4, -0.2) is 51.3 Å². The van der Waals surface area contributed by atoms with Crippen LogP contribution in [-0.2, 0) is 22.7 Å². The SMILES string of the molecule is O=C(CC[C@@H]1NC(=O)N(Cc2cccc(Cl)c2)C1=O)N1C[C@@H]2C[C@H](C1)c1cccc(=O)n1C2. The highest BCUT2D eigenvalue weighted by atomic mass is 35.5. The highest BCUT2D eigenvalue weighted by Gasteiger charge is 2.39. The molecular formula is C24H25ClN4O4. The molecule has 0 unspecified atom stereocenters. The quantitative estimate of drug-likeness (QED) is 0.682. The Labute approximate surface area is 196 Å². The van der Waals surface area contributed by atoms with Crippen LogP contribution in [0.2, 0.25) is 5.02 Å². The van der Waals surface area contributed by atoms with Gasteiger partial charge in [0.1, 0.15) is 6.04 Å². The Hall–Kier alpha value is -3.13. The number of urea groups is 1. The van der Waals surface area contributed by atoms with Crippen LogP contribution in [0.25, 0.3) is 0 Å². The molecule has 9 heteroatoms. The summed E-state index contributed by atoms with van der Waals surface area (Å²) < 4.78 is 1.84. The zero-order valence-electron chi connectivity index (χ0n) is 18.1. The minimum atomic E-state index is -0.704. The summed E-state index contributed by atoms with van der Waals surface area (Å²) in [5.41, 5.74) is 1.77. The maximum atomic E-state index is 13.0. The number of hydrogen-bond acceptors (Lipinski definition) is 4. The minimum Gasteiger partial charge on any atom is -0.342 e. The Balaban J connectivity index is 1.19. The van der Waals surface area contributed by atoms with E-state index < -0.39 is 12.1 Å². The smallest absolute Gasteiger partial charge is 0.325 e. The maximum absolute atomic E-state index is 13.0. The van der Waals surface area contributed by atoms with E-state index >= 15 is 0 Å². The molecule has 1 aromatic carbocycles. The van der Waals surface area contributed by atoms with E-state index in [0.29, 0.717) is 24.7 Å². The summed E-state index contributed by atoms with van der Waals surface area (Å²) in [6.07, 6.45) is 1.42. The molecule has 8 nitrogen and oxygen atoms in total. The van der Waals surface area contributed by atoms with Gasteiger partial charge in [-0.3, -0.25) is 19.3 Å². The van der Waals surface area contributed by atoms with Crippen molar-refractivity contribution in [3.63, 3.8) is 0 Å². The highest BCUT2D eigenvalue weighted by molar-refractivity contribution is 6.30. The van der Waals surface area contributed by atoms with Gasteiger partial charge in [-0.15, -0.1) is 0 Å². The Kier molecular flexibility index (Phi) is 5.70. The van der Waals surface area contributed by atoms with Gasteiger partial charge in [0.05, 0.1) is 6.54 Å². The third kappa shape index (κ3) is 4.27. The van der Waals surface area contributed by atoms with Crippen molar-refractivity contribution in [2.75, 3.05) is 13.1 Å². The number of fused-ring (bicyclic) bond motifs is 4. The molecule has 4 amide bonds. The predicted octanol–water partition coefficient (Wildman–Crippen LogP) is 2.35. The first kappa shape index (κ1) is 21.7. The van der Waals surface area contributed by atoms with E-state index in [1.54, 1.807) is 30.3 Å². The van der Waals surface area contributed by atoms with E-state index in [2.05, 4.69) is 5.32 Å². The zero-order valence-corrected chi connectivity index (χ0v) is 18.8. The van der Waals surface area contributed by atoms with Crippen molar-refractivity contribution in [1.82, 2.24) is 19.7 Å². The third-order valence-corrected chi connectivity index (χ3v) is 7.05. The van der Waals surface area contributed by atoms with Crippen LogP contribution in [0, 0.1) is 5.92 Å². The summed E-state index contributed by atoms with van der Waals surface area (Å²) in [4.78, 5) is 53.3. The molecule has 5 rings (SSSR count). The summed E-state index contributed by atoms with van der Waals surface area (Å²) in [5, 5.41) is 3.24. The number of benzene rings is 1. The fourth-order valence-corrected chi connectivity index (χ4v) is 5.48. The number of halogens is 1. The van der Waals surface area contributed by atoms with Crippen LogP contribution in [0.15, 0.2) is 47.3 Å². The third-order valence-electron chi connectivity index (χ3n) is 6.82. The molecule has 1 aromatic heterocycles. The lowest BCUT2D eigenvalue weighted by molar-refractivity contribution is -0.134. The lowest BCUT2D eigenvalue weighted by Crippen LogP contribution is -2.49. The number of rotatable bonds is 5. The van der Waals surface area contributed by atoms with Gasteiger partial charge in [0.15, 0.2) is 0 Å². The number of likely N-dealkylation sites (tertiary alicyclic amines) is 1. The van der Waals surface area contributed by atoms with Gasteiger partial charge in [-0.25, -0.2) is 4.79 Å². The summed E-state index contributed by atoms with van der Waals surface area (Å²) in [5.74, 6) is 0.0565. The van der Waals surface area contributed by atoms with Crippen LogP contribution < -0.4 is 10.9 Å². The number of amides is 4. The van der Waals surface area contributed by atoms with E-state index in [1.165, 1.54) is 4.90 Å². The van der Waals surface area contributed by atoms with Crippen molar-refractivity contribution < 1.29 is 14.4 Å². The summed E-state index contributed by atoms with van der Waals surface area (Å²) in [6, 6.07) is 11.2. The minimum absolute atomic E-state index is 0.0137. The first-order chi connectivity index (χ1) is 15.9. The summed E-state index contributed by atoms with van der Waals surface area (Å²) in [6.45, 7) is 1.96. The van der Waals surface area contributed by atoms with Crippen LogP contribution in [0.5, 0.6) is 0 Å². The van der Waals surface area contributed by atoms with Crippen LogP contribution in [0.4, 0.5) is 4.79 Å². The Morgan fingerprint density at radius 3 is 2.70 bits per heavy atom. The van der Waals surface area contributed by atoms with E-state index in [4.69, 9.17) is 11.6 Å². The average Bonchev–Trinajstić information content (AvgIpc) is 3.05. The number of pyridine rings is 1. The van der Waals surface area contributed by atoms with Crippen molar-refractivity contribution in [3.05, 3.63) is 69.1 Å². The van der Waals surface area contributed by atoms with Gasteiger partial charge in [-0.1, -0.05) is 29.8 Å². The van der Waals surface area contributed by atoms with Gasteiger partial charge in [0, 0.05) is 48.8 Å². The molecule has 0 spiro atoms. The Morgan fingerprint density at radius 2 is 1.88 bits per heavy atom. The van der Waals surface area contributed by atoms with E-state index in [-0.39, 0.29) is 48.6 Å². The number of hydrogen-bond donors (Lipinski definition) is 1. The molecular weight excluding hydrogens is 444 g/mol. The molecule has 3 aliphatic rings. The van der Waals surface area contributed by atoms with Gasteiger partial charge in [0.2, 0.25) is 5.91 Å². The molecule has 0 saturated carbocycles. The second-order valence-electron chi connectivity index (χ2n) is 9.09.